The molecule has 3 N–H and O–H groups in total. The minimum Gasteiger partial charge on any atom is -0.398 e. The molecular weight excluding hydrogens is 248 g/mol. The van der Waals surface area contributed by atoms with Gasteiger partial charge in [-0.15, -0.1) is 0 Å². The van der Waals surface area contributed by atoms with Crippen LogP contribution in [-0.2, 0) is 10.0 Å². The predicted molar refractivity (Wildman–Crippen MR) is 72.7 cm³/mol. The Labute approximate surface area is 109 Å². The number of benzene rings is 1. The fourth-order valence-corrected chi connectivity index (χ4v) is 3.69. The van der Waals surface area contributed by atoms with E-state index in [2.05, 4.69) is 11.6 Å². The van der Waals surface area contributed by atoms with Crippen molar-refractivity contribution in [2.24, 2.45) is 5.92 Å². The van der Waals surface area contributed by atoms with E-state index in [1.165, 1.54) is 0 Å². The summed E-state index contributed by atoms with van der Waals surface area (Å²) < 4.78 is 27.1. The van der Waals surface area contributed by atoms with Crippen LogP contribution in [0.4, 0.5) is 5.69 Å². The van der Waals surface area contributed by atoms with Gasteiger partial charge in [0.05, 0.1) is 5.69 Å². The Balaban J connectivity index is 2.12. The molecule has 0 heterocycles. The maximum absolute atomic E-state index is 12.2. The van der Waals surface area contributed by atoms with Crippen LogP contribution in [0.15, 0.2) is 23.1 Å². The Morgan fingerprint density at radius 2 is 2.17 bits per heavy atom. The van der Waals surface area contributed by atoms with Gasteiger partial charge < -0.3 is 5.73 Å². The summed E-state index contributed by atoms with van der Waals surface area (Å²) in [5, 5.41) is 0. The van der Waals surface area contributed by atoms with Crippen molar-refractivity contribution in [2.75, 3.05) is 5.73 Å². The number of anilines is 1. The number of rotatable bonds is 5. The lowest BCUT2D eigenvalue weighted by molar-refractivity contribution is 0.573. The Kier molecular flexibility index (Phi) is 3.64. The van der Waals surface area contributed by atoms with Crippen molar-refractivity contribution in [1.29, 1.82) is 0 Å². The molecule has 18 heavy (non-hydrogen) atoms. The SMILES string of the molecule is CCCC1CC1NS(=O)(=O)c1ccc(C)cc1N. The molecule has 2 unspecified atom stereocenters. The van der Waals surface area contributed by atoms with E-state index < -0.39 is 10.0 Å². The van der Waals surface area contributed by atoms with Gasteiger partial charge in [0.15, 0.2) is 0 Å². The third-order valence-corrected chi connectivity index (χ3v) is 4.91. The van der Waals surface area contributed by atoms with Crippen LogP contribution in [-0.4, -0.2) is 14.5 Å². The van der Waals surface area contributed by atoms with E-state index in [9.17, 15) is 8.42 Å². The summed E-state index contributed by atoms with van der Waals surface area (Å²) in [4.78, 5) is 0.190. The van der Waals surface area contributed by atoms with Crippen LogP contribution in [0, 0.1) is 12.8 Å². The lowest BCUT2D eigenvalue weighted by Crippen LogP contribution is -2.27. The van der Waals surface area contributed by atoms with E-state index in [-0.39, 0.29) is 10.9 Å². The first-order valence-electron chi connectivity index (χ1n) is 6.32. The average molecular weight is 268 g/mol. The van der Waals surface area contributed by atoms with Gasteiger partial charge in [-0.3, -0.25) is 0 Å². The van der Waals surface area contributed by atoms with Crippen molar-refractivity contribution in [1.82, 2.24) is 4.72 Å². The maximum Gasteiger partial charge on any atom is 0.242 e. The molecule has 1 aliphatic carbocycles. The minimum atomic E-state index is -3.47. The van der Waals surface area contributed by atoms with Crippen molar-refractivity contribution in [2.45, 2.75) is 44.0 Å². The summed E-state index contributed by atoms with van der Waals surface area (Å²) in [6, 6.07) is 5.12. The fourth-order valence-electron chi connectivity index (χ4n) is 2.26. The Morgan fingerprint density at radius 3 is 2.78 bits per heavy atom. The first-order valence-corrected chi connectivity index (χ1v) is 7.81. The van der Waals surface area contributed by atoms with Gasteiger partial charge in [0.2, 0.25) is 10.0 Å². The summed E-state index contributed by atoms with van der Waals surface area (Å²) in [7, 11) is -3.47. The van der Waals surface area contributed by atoms with Crippen LogP contribution in [0.5, 0.6) is 0 Å². The van der Waals surface area contributed by atoms with E-state index in [1.54, 1.807) is 18.2 Å². The number of nitrogens with two attached hydrogens (primary N) is 1. The zero-order valence-corrected chi connectivity index (χ0v) is 11.6. The highest BCUT2D eigenvalue weighted by atomic mass is 32.2. The molecule has 0 bridgehead atoms. The van der Waals surface area contributed by atoms with Gasteiger partial charge >= 0.3 is 0 Å². The number of hydrogen-bond acceptors (Lipinski definition) is 3. The number of aryl methyl sites for hydroxylation is 1. The second kappa shape index (κ2) is 4.90. The number of nitrogens with one attached hydrogen (secondary N) is 1. The molecule has 4 nitrogen and oxygen atoms in total. The predicted octanol–water partition coefficient (Wildman–Crippen LogP) is 2.04. The van der Waals surface area contributed by atoms with Crippen molar-refractivity contribution in [3.05, 3.63) is 23.8 Å². The third kappa shape index (κ3) is 2.84. The second-order valence-electron chi connectivity index (χ2n) is 5.05. The molecule has 0 aromatic heterocycles. The molecule has 1 aliphatic rings. The van der Waals surface area contributed by atoms with Gasteiger partial charge in [0.1, 0.15) is 4.90 Å². The Hall–Kier alpha value is -1.07. The maximum atomic E-state index is 12.2. The van der Waals surface area contributed by atoms with Crippen molar-refractivity contribution < 1.29 is 8.42 Å². The first kappa shape index (κ1) is 13.4. The van der Waals surface area contributed by atoms with Crippen LogP contribution < -0.4 is 10.5 Å². The van der Waals surface area contributed by atoms with Crippen LogP contribution in [0.25, 0.3) is 0 Å². The van der Waals surface area contributed by atoms with Crippen molar-refractivity contribution in [3.8, 4) is 0 Å². The van der Waals surface area contributed by atoms with E-state index in [1.807, 2.05) is 6.92 Å². The standard InChI is InChI=1S/C13H20N2O2S/c1-3-4-10-8-12(10)15-18(16,17)13-6-5-9(2)7-11(13)14/h5-7,10,12,15H,3-4,8,14H2,1-2H3. The number of nitrogen functional groups attached to an aromatic ring is 1. The Bertz CT molecular complexity index is 540. The van der Waals surface area contributed by atoms with Crippen LogP contribution in [0.1, 0.15) is 31.7 Å². The molecule has 0 spiro atoms. The highest BCUT2D eigenvalue weighted by Gasteiger charge is 2.39. The first-order chi connectivity index (χ1) is 8.44. The van der Waals surface area contributed by atoms with E-state index in [0.717, 1.165) is 24.8 Å². The summed E-state index contributed by atoms with van der Waals surface area (Å²) in [6.07, 6.45) is 3.12. The average Bonchev–Trinajstić information content (AvgIpc) is 2.95. The molecule has 100 valence electrons. The summed E-state index contributed by atoms with van der Waals surface area (Å²) >= 11 is 0. The molecule has 1 aromatic rings. The molecule has 1 aromatic carbocycles. The van der Waals surface area contributed by atoms with Gasteiger partial charge in [-0.1, -0.05) is 19.4 Å². The van der Waals surface area contributed by atoms with Gasteiger partial charge in [-0.2, -0.15) is 0 Å². The molecular formula is C13H20N2O2S. The summed E-state index contributed by atoms with van der Waals surface area (Å²) in [5.41, 5.74) is 7.05. The zero-order chi connectivity index (χ0) is 13.3. The van der Waals surface area contributed by atoms with Gasteiger partial charge in [-0.05, 0) is 43.4 Å². The van der Waals surface area contributed by atoms with Crippen LogP contribution in [0.2, 0.25) is 0 Å². The second-order valence-corrected chi connectivity index (χ2v) is 6.74. The molecule has 5 heteroatoms. The summed E-state index contributed by atoms with van der Waals surface area (Å²) in [5.74, 6) is 0.497. The molecule has 0 amide bonds. The molecule has 1 saturated carbocycles. The fraction of sp³-hybridized carbons (Fsp3) is 0.538. The smallest absolute Gasteiger partial charge is 0.242 e. The van der Waals surface area contributed by atoms with Crippen molar-refractivity contribution in [3.63, 3.8) is 0 Å². The van der Waals surface area contributed by atoms with Crippen LogP contribution in [0.3, 0.4) is 0 Å². The molecule has 2 rings (SSSR count). The highest BCUT2D eigenvalue weighted by Crippen LogP contribution is 2.36. The van der Waals surface area contributed by atoms with Gasteiger partial charge in [0, 0.05) is 6.04 Å². The minimum absolute atomic E-state index is 0.0932. The van der Waals surface area contributed by atoms with Gasteiger partial charge in [0.25, 0.3) is 0 Å². The topological polar surface area (TPSA) is 72.2 Å². The van der Waals surface area contributed by atoms with Gasteiger partial charge in [-0.25, -0.2) is 13.1 Å². The lowest BCUT2D eigenvalue weighted by Gasteiger charge is -2.09. The quantitative estimate of drug-likeness (QED) is 0.803. The monoisotopic (exact) mass is 268 g/mol. The molecule has 0 radical (unpaired) electrons. The molecule has 0 saturated heterocycles. The van der Waals surface area contributed by atoms with Crippen molar-refractivity contribution >= 4 is 15.7 Å². The lowest BCUT2D eigenvalue weighted by atomic mass is 10.2. The highest BCUT2D eigenvalue weighted by molar-refractivity contribution is 7.89. The molecule has 0 aliphatic heterocycles. The largest absolute Gasteiger partial charge is 0.398 e. The molecule has 2 atom stereocenters. The normalized spacial score (nSPS) is 23.0. The summed E-state index contributed by atoms with van der Waals surface area (Å²) in [6.45, 7) is 4.00. The Morgan fingerprint density at radius 1 is 1.44 bits per heavy atom. The van der Waals surface area contributed by atoms with E-state index in [0.29, 0.717) is 11.6 Å². The third-order valence-electron chi connectivity index (χ3n) is 3.34. The molecule has 1 fully saturated rings. The number of hydrogen-bond donors (Lipinski definition) is 2. The van der Waals surface area contributed by atoms with E-state index >= 15 is 0 Å². The van der Waals surface area contributed by atoms with Crippen LogP contribution >= 0.6 is 0 Å². The van der Waals surface area contributed by atoms with E-state index in [4.69, 9.17) is 5.73 Å². The zero-order valence-electron chi connectivity index (χ0n) is 10.8. The number of sulfonamides is 1.